The number of anilines is 1. The second-order valence-corrected chi connectivity index (χ2v) is 4.64. The van der Waals surface area contributed by atoms with Gasteiger partial charge in [0.25, 0.3) is 0 Å². The van der Waals surface area contributed by atoms with Gasteiger partial charge in [0.05, 0.1) is 12.2 Å². The Morgan fingerprint density at radius 1 is 1.18 bits per heavy atom. The number of aliphatic hydroxyl groups excluding tert-OH is 1. The van der Waals surface area contributed by atoms with Gasteiger partial charge in [0.15, 0.2) is 0 Å². The molecular weight excluding hydrogens is 214 g/mol. The zero-order chi connectivity index (χ0) is 12.8. The molecule has 0 spiro atoms. The molecule has 0 aliphatic heterocycles. The van der Waals surface area contributed by atoms with Crippen LogP contribution in [0.3, 0.4) is 0 Å². The van der Waals surface area contributed by atoms with Crippen LogP contribution >= 0.6 is 0 Å². The minimum atomic E-state index is -0.347. The standard InChI is InChI=1S/C14H23NO2/c1-11-5-7-14(8-6-11)15(9-12(2)16)10-13(3)17-4/h5-8,12-13,16H,9-10H2,1-4H3. The lowest BCUT2D eigenvalue weighted by atomic mass is 10.2. The second kappa shape index (κ2) is 6.62. The van der Waals surface area contributed by atoms with Gasteiger partial charge in [0.1, 0.15) is 0 Å². The Labute approximate surface area is 104 Å². The highest BCUT2D eigenvalue weighted by molar-refractivity contribution is 5.47. The summed E-state index contributed by atoms with van der Waals surface area (Å²) in [6, 6.07) is 8.34. The fourth-order valence-electron chi connectivity index (χ4n) is 1.74. The third-order valence-corrected chi connectivity index (χ3v) is 2.76. The van der Waals surface area contributed by atoms with Crippen LogP contribution in [0.15, 0.2) is 24.3 Å². The van der Waals surface area contributed by atoms with E-state index < -0.39 is 0 Å². The Balaban J connectivity index is 2.77. The topological polar surface area (TPSA) is 32.7 Å². The molecule has 3 heteroatoms. The summed E-state index contributed by atoms with van der Waals surface area (Å²) in [5.41, 5.74) is 2.37. The van der Waals surface area contributed by atoms with E-state index in [-0.39, 0.29) is 12.2 Å². The number of ether oxygens (including phenoxy) is 1. The third-order valence-electron chi connectivity index (χ3n) is 2.76. The van der Waals surface area contributed by atoms with Gasteiger partial charge in [-0.1, -0.05) is 17.7 Å². The van der Waals surface area contributed by atoms with Crippen LogP contribution in [0.1, 0.15) is 19.4 Å². The Bertz CT molecular complexity index is 321. The van der Waals surface area contributed by atoms with Crippen molar-refractivity contribution < 1.29 is 9.84 Å². The summed E-state index contributed by atoms with van der Waals surface area (Å²) >= 11 is 0. The van der Waals surface area contributed by atoms with E-state index in [9.17, 15) is 5.11 Å². The first kappa shape index (κ1) is 14.0. The van der Waals surface area contributed by atoms with Crippen molar-refractivity contribution in [1.82, 2.24) is 0 Å². The molecule has 0 saturated heterocycles. The molecule has 1 rings (SSSR count). The van der Waals surface area contributed by atoms with Gasteiger partial charge in [-0.15, -0.1) is 0 Å². The van der Waals surface area contributed by atoms with Crippen LogP contribution in [0.4, 0.5) is 5.69 Å². The molecule has 0 amide bonds. The molecule has 0 bridgehead atoms. The summed E-state index contributed by atoms with van der Waals surface area (Å²) in [7, 11) is 1.71. The molecule has 0 fully saturated rings. The first-order chi connectivity index (χ1) is 8.02. The van der Waals surface area contributed by atoms with Gasteiger partial charge < -0.3 is 14.7 Å². The van der Waals surface area contributed by atoms with E-state index in [1.807, 2.05) is 6.92 Å². The zero-order valence-electron chi connectivity index (χ0n) is 11.2. The van der Waals surface area contributed by atoms with E-state index in [0.29, 0.717) is 6.54 Å². The average molecular weight is 237 g/mol. The fraction of sp³-hybridized carbons (Fsp3) is 0.571. The maximum atomic E-state index is 9.54. The van der Waals surface area contributed by atoms with E-state index in [2.05, 4.69) is 36.1 Å². The normalized spacial score (nSPS) is 14.4. The predicted molar refractivity (Wildman–Crippen MR) is 71.5 cm³/mol. The highest BCUT2D eigenvalue weighted by Gasteiger charge is 2.12. The molecule has 17 heavy (non-hydrogen) atoms. The number of benzene rings is 1. The lowest BCUT2D eigenvalue weighted by molar-refractivity contribution is 0.119. The van der Waals surface area contributed by atoms with E-state index in [4.69, 9.17) is 4.74 Å². The van der Waals surface area contributed by atoms with E-state index in [1.54, 1.807) is 14.0 Å². The van der Waals surface area contributed by atoms with Gasteiger partial charge >= 0.3 is 0 Å². The van der Waals surface area contributed by atoms with Gasteiger partial charge in [-0.2, -0.15) is 0 Å². The molecule has 0 aliphatic rings. The molecule has 0 aliphatic carbocycles. The maximum absolute atomic E-state index is 9.54. The summed E-state index contributed by atoms with van der Waals surface area (Å²) in [6.07, 6.45) is -0.199. The Morgan fingerprint density at radius 2 is 1.76 bits per heavy atom. The van der Waals surface area contributed by atoms with Gasteiger partial charge in [-0.25, -0.2) is 0 Å². The van der Waals surface area contributed by atoms with Crippen molar-refractivity contribution in [3.8, 4) is 0 Å². The summed E-state index contributed by atoms with van der Waals surface area (Å²) in [6.45, 7) is 7.31. The zero-order valence-corrected chi connectivity index (χ0v) is 11.2. The minimum Gasteiger partial charge on any atom is -0.392 e. The number of nitrogens with zero attached hydrogens (tertiary/aromatic N) is 1. The molecule has 1 N–H and O–H groups in total. The number of aliphatic hydroxyl groups is 1. The van der Waals surface area contributed by atoms with Gasteiger partial charge in [-0.3, -0.25) is 0 Å². The minimum absolute atomic E-state index is 0.148. The van der Waals surface area contributed by atoms with Crippen molar-refractivity contribution in [3.05, 3.63) is 29.8 Å². The predicted octanol–water partition coefficient (Wildman–Crippen LogP) is 2.22. The number of hydrogen-bond donors (Lipinski definition) is 1. The molecule has 96 valence electrons. The quantitative estimate of drug-likeness (QED) is 0.823. The van der Waals surface area contributed by atoms with Crippen molar-refractivity contribution >= 4 is 5.69 Å². The monoisotopic (exact) mass is 237 g/mol. The summed E-state index contributed by atoms with van der Waals surface area (Å²) < 4.78 is 5.28. The van der Waals surface area contributed by atoms with Crippen LogP contribution in [0.2, 0.25) is 0 Å². The van der Waals surface area contributed by atoms with Crippen molar-refractivity contribution in [2.75, 3.05) is 25.1 Å². The average Bonchev–Trinajstić information content (AvgIpc) is 2.28. The smallest absolute Gasteiger partial charge is 0.0718 e. The van der Waals surface area contributed by atoms with Gasteiger partial charge in [0, 0.05) is 25.9 Å². The Morgan fingerprint density at radius 3 is 2.24 bits per heavy atom. The Kier molecular flexibility index (Phi) is 5.45. The van der Waals surface area contributed by atoms with Crippen LogP contribution in [0, 0.1) is 6.92 Å². The molecule has 0 radical (unpaired) electrons. The van der Waals surface area contributed by atoms with Crippen LogP contribution in [0.25, 0.3) is 0 Å². The highest BCUT2D eigenvalue weighted by atomic mass is 16.5. The van der Waals surface area contributed by atoms with E-state index in [0.717, 1.165) is 12.2 Å². The van der Waals surface area contributed by atoms with Crippen LogP contribution in [0.5, 0.6) is 0 Å². The number of hydrogen-bond acceptors (Lipinski definition) is 3. The molecule has 1 aromatic carbocycles. The summed E-state index contributed by atoms with van der Waals surface area (Å²) in [5.74, 6) is 0. The third kappa shape index (κ3) is 4.75. The first-order valence-electron chi connectivity index (χ1n) is 6.05. The number of methoxy groups -OCH3 is 1. The Hall–Kier alpha value is -1.06. The van der Waals surface area contributed by atoms with Crippen molar-refractivity contribution in [2.45, 2.75) is 33.0 Å². The van der Waals surface area contributed by atoms with Crippen LogP contribution < -0.4 is 4.90 Å². The number of rotatable bonds is 6. The van der Waals surface area contributed by atoms with Crippen LogP contribution in [-0.2, 0) is 4.74 Å². The maximum Gasteiger partial charge on any atom is 0.0718 e. The van der Waals surface area contributed by atoms with Gasteiger partial charge in [-0.05, 0) is 32.9 Å². The molecule has 0 heterocycles. The van der Waals surface area contributed by atoms with Crippen molar-refractivity contribution in [1.29, 1.82) is 0 Å². The molecule has 3 nitrogen and oxygen atoms in total. The first-order valence-corrected chi connectivity index (χ1v) is 6.05. The largest absolute Gasteiger partial charge is 0.392 e. The number of aryl methyl sites for hydroxylation is 1. The van der Waals surface area contributed by atoms with Crippen LogP contribution in [-0.4, -0.2) is 37.5 Å². The summed E-state index contributed by atoms with van der Waals surface area (Å²) in [5, 5.41) is 9.54. The lowest BCUT2D eigenvalue weighted by Crippen LogP contribution is -2.37. The molecule has 0 saturated carbocycles. The van der Waals surface area contributed by atoms with E-state index in [1.165, 1.54) is 5.56 Å². The van der Waals surface area contributed by atoms with Crippen molar-refractivity contribution in [2.24, 2.45) is 0 Å². The fourth-order valence-corrected chi connectivity index (χ4v) is 1.74. The molecule has 1 aromatic rings. The molecule has 2 unspecified atom stereocenters. The van der Waals surface area contributed by atoms with E-state index >= 15 is 0 Å². The summed E-state index contributed by atoms with van der Waals surface area (Å²) in [4.78, 5) is 2.15. The second-order valence-electron chi connectivity index (χ2n) is 4.64. The van der Waals surface area contributed by atoms with Crippen molar-refractivity contribution in [3.63, 3.8) is 0 Å². The highest BCUT2D eigenvalue weighted by Crippen LogP contribution is 2.16. The SMILES string of the molecule is COC(C)CN(CC(C)O)c1ccc(C)cc1. The van der Waals surface area contributed by atoms with Gasteiger partial charge in [0.2, 0.25) is 0 Å². The molecule has 2 atom stereocenters. The lowest BCUT2D eigenvalue weighted by Gasteiger charge is -2.28. The molecule has 0 aromatic heterocycles. The molecular formula is C14H23NO2.